The second kappa shape index (κ2) is 4.29. The molecule has 1 aliphatic rings. The number of aliphatic imine (C=N–C) groups is 1. The Labute approximate surface area is 105 Å². The van der Waals surface area contributed by atoms with Gasteiger partial charge in [-0.2, -0.15) is 4.99 Å². The summed E-state index contributed by atoms with van der Waals surface area (Å²) in [5.41, 5.74) is 2.29. The molecule has 92 valence electrons. The molecule has 4 nitrogen and oxygen atoms in total. The van der Waals surface area contributed by atoms with Gasteiger partial charge < -0.3 is 9.72 Å². The summed E-state index contributed by atoms with van der Waals surface area (Å²) < 4.78 is 5.12. The quantitative estimate of drug-likeness (QED) is 0.722. The average Bonchev–Trinajstić information content (AvgIpc) is 2.55. The Morgan fingerprint density at radius 2 is 2.17 bits per heavy atom. The minimum Gasteiger partial charge on any atom is -0.412 e. The molecule has 2 aromatic rings. The van der Waals surface area contributed by atoms with Gasteiger partial charge in [0.15, 0.2) is 5.90 Å². The molecular weight excluding hydrogens is 228 g/mol. The number of H-pyrrole nitrogens is 1. The monoisotopic (exact) mass is 242 g/mol. The number of aromatic nitrogens is 1. The normalized spacial score (nSPS) is 14.8. The predicted octanol–water partition coefficient (Wildman–Crippen LogP) is 3.10. The van der Waals surface area contributed by atoms with Crippen LogP contribution in [0.25, 0.3) is 10.9 Å². The second-order valence-electron chi connectivity index (χ2n) is 4.45. The van der Waals surface area contributed by atoms with E-state index in [1.165, 1.54) is 17.9 Å². The summed E-state index contributed by atoms with van der Waals surface area (Å²) in [5.74, 6) is 1.02. The van der Waals surface area contributed by atoms with E-state index in [0.29, 0.717) is 12.3 Å². The lowest BCUT2D eigenvalue weighted by molar-refractivity contribution is -0.133. The molecule has 1 N–H and O–H groups in total. The van der Waals surface area contributed by atoms with Crippen molar-refractivity contribution in [2.75, 3.05) is 0 Å². The molecule has 1 aromatic heterocycles. The Balaban J connectivity index is 2.09. The summed E-state index contributed by atoms with van der Waals surface area (Å²) in [7, 11) is 0. The number of hydrogen-bond acceptors (Lipinski definition) is 3. The Morgan fingerprint density at radius 1 is 1.33 bits per heavy atom. The van der Waals surface area contributed by atoms with Crippen LogP contribution in [-0.4, -0.2) is 16.9 Å². The zero-order chi connectivity index (χ0) is 12.5. The number of aromatic amines is 1. The first-order valence-corrected chi connectivity index (χ1v) is 6.09. The Bertz CT molecular complexity index is 640. The molecule has 0 saturated carbocycles. The van der Waals surface area contributed by atoms with E-state index in [2.05, 4.69) is 16.0 Å². The van der Waals surface area contributed by atoms with Crippen molar-refractivity contribution >= 4 is 28.6 Å². The molecule has 3 rings (SSSR count). The van der Waals surface area contributed by atoms with Crippen LogP contribution < -0.4 is 0 Å². The first kappa shape index (κ1) is 11.0. The molecule has 0 amide bonds. The van der Waals surface area contributed by atoms with Crippen molar-refractivity contribution in [1.29, 1.82) is 0 Å². The number of benzene rings is 1. The van der Waals surface area contributed by atoms with Gasteiger partial charge in [0.25, 0.3) is 0 Å². The van der Waals surface area contributed by atoms with Crippen molar-refractivity contribution in [3.05, 3.63) is 29.8 Å². The molecule has 0 saturated heterocycles. The highest BCUT2D eigenvalue weighted by Gasteiger charge is 2.16. The number of fused-ring (bicyclic) bond motifs is 3. The largest absolute Gasteiger partial charge is 0.412 e. The van der Waals surface area contributed by atoms with Gasteiger partial charge in [0.1, 0.15) is 5.82 Å². The van der Waals surface area contributed by atoms with E-state index >= 15 is 0 Å². The highest BCUT2D eigenvalue weighted by Crippen LogP contribution is 2.32. The number of rotatable bonds is 0. The third kappa shape index (κ3) is 1.90. The lowest BCUT2D eigenvalue weighted by Gasteiger charge is -2.01. The fourth-order valence-corrected chi connectivity index (χ4v) is 2.37. The predicted molar refractivity (Wildman–Crippen MR) is 70.1 cm³/mol. The zero-order valence-corrected chi connectivity index (χ0v) is 10.2. The summed E-state index contributed by atoms with van der Waals surface area (Å²) in [4.78, 5) is 18.7. The molecular formula is C14H14N2O2. The molecule has 0 atom stereocenters. The lowest BCUT2D eigenvalue weighted by atomic mass is 10.1. The summed E-state index contributed by atoms with van der Waals surface area (Å²) in [6, 6.07) is 8.15. The number of hydrogen-bond donors (Lipinski definition) is 1. The van der Waals surface area contributed by atoms with Crippen LogP contribution in [0.4, 0.5) is 5.82 Å². The molecule has 1 aromatic carbocycles. The topological polar surface area (TPSA) is 54.4 Å². The standard InChI is InChI=1S/C14H14N2O2/c1-9(17)18-13-8-4-6-11-10-5-2-3-7-12(10)15-14(11)16-13/h2-3,5,7,15H,4,6,8H2,1H3. The maximum absolute atomic E-state index is 11.0. The Kier molecular flexibility index (Phi) is 2.63. The van der Waals surface area contributed by atoms with Crippen LogP contribution in [-0.2, 0) is 16.0 Å². The van der Waals surface area contributed by atoms with Gasteiger partial charge in [0.2, 0.25) is 0 Å². The number of nitrogens with one attached hydrogen (secondary N) is 1. The molecule has 2 heterocycles. The number of carbonyl (C=O) groups excluding carboxylic acids is 1. The molecule has 0 unspecified atom stereocenters. The fourth-order valence-electron chi connectivity index (χ4n) is 2.37. The molecule has 0 spiro atoms. The number of nitrogens with zero attached hydrogens (tertiary/aromatic N) is 1. The highest BCUT2D eigenvalue weighted by molar-refractivity contribution is 5.93. The Hall–Kier alpha value is -2.10. The van der Waals surface area contributed by atoms with Gasteiger partial charge >= 0.3 is 5.97 Å². The highest BCUT2D eigenvalue weighted by atomic mass is 16.5. The number of esters is 1. The lowest BCUT2D eigenvalue weighted by Crippen LogP contribution is -2.08. The smallest absolute Gasteiger partial charge is 0.309 e. The number of aryl methyl sites for hydroxylation is 1. The second-order valence-corrected chi connectivity index (χ2v) is 4.45. The van der Waals surface area contributed by atoms with Crippen LogP contribution in [0.3, 0.4) is 0 Å². The number of ether oxygens (including phenoxy) is 1. The minimum absolute atomic E-state index is 0.312. The third-order valence-corrected chi connectivity index (χ3v) is 3.11. The van der Waals surface area contributed by atoms with E-state index < -0.39 is 0 Å². The molecule has 0 radical (unpaired) electrons. The van der Waals surface area contributed by atoms with Gasteiger partial charge in [0.05, 0.1) is 0 Å². The fraction of sp³-hybridized carbons (Fsp3) is 0.286. The summed E-state index contributed by atoms with van der Waals surface area (Å²) in [6.45, 7) is 1.40. The van der Waals surface area contributed by atoms with Crippen molar-refractivity contribution in [3.8, 4) is 0 Å². The molecule has 4 heteroatoms. The van der Waals surface area contributed by atoms with E-state index in [1.807, 2.05) is 18.2 Å². The number of para-hydroxylation sites is 1. The van der Waals surface area contributed by atoms with E-state index in [1.54, 1.807) is 0 Å². The summed E-state index contributed by atoms with van der Waals surface area (Å²) >= 11 is 0. The maximum atomic E-state index is 11.0. The van der Waals surface area contributed by atoms with Gasteiger partial charge in [-0.1, -0.05) is 18.2 Å². The van der Waals surface area contributed by atoms with Crippen molar-refractivity contribution < 1.29 is 9.53 Å². The van der Waals surface area contributed by atoms with Crippen LogP contribution in [0.5, 0.6) is 0 Å². The maximum Gasteiger partial charge on any atom is 0.309 e. The minimum atomic E-state index is -0.312. The molecule has 0 fully saturated rings. The van der Waals surface area contributed by atoms with Gasteiger partial charge in [-0.05, 0) is 18.9 Å². The van der Waals surface area contributed by atoms with Crippen molar-refractivity contribution in [1.82, 2.24) is 4.98 Å². The molecule has 0 aliphatic carbocycles. The van der Waals surface area contributed by atoms with E-state index in [9.17, 15) is 4.79 Å². The van der Waals surface area contributed by atoms with Crippen LogP contribution in [0.15, 0.2) is 29.3 Å². The summed E-state index contributed by atoms with van der Waals surface area (Å²) in [6.07, 6.45) is 2.60. The van der Waals surface area contributed by atoms with Gasteiger partial charge in [-0.15, -0.1) is 0 Å². The van der Waals surface area contributed by atoms with Crippen LogP contribution in [0, 0.1) is 0 Å². The van der Waals surface area contributed by atoms with Crippen molar-refractivity contribution in [2.24, 2.45) is 4.99 Å². The van der Waals surface area contributed by atoms with Gasteiger partial charge in [0, 0.05) is 29.8 Å². The number of carbonyl (C=O) groups is 1. The van der Waals surface area contributed by atoms with Crippen LogP contribution in [0.2, 0.25) is 0 Å². The first-order chi connectivity index (χ1) is 8.74. The molecule has 0 bridgehead atoms. The average molecular weight is 242 g/mol. The zero-order valence-electron chi connectivity index (χ0n) is 10.2. The molecule has 18 heavy (non-hydrogen) atoms. The van der Waals surface area contributed by atoms with E-state index in [0.717, 1.165) is 24.2 Å². The Morgan fingerprint density at radius 3 is 3.00 bits per heavy atom. The van der Waals surface area contributed by atoms with Crippen LogP contribution in [0.1, 0.15) is 25.3 Å². The summed E-state index contributed by atoms with van der Waals surface area (Å²) in [5, 5.41) is 1.21. The van der Waals surface area contributed by atoms with Gasteiger partial charge in [-0.25, -0.2) is 0 Å². The van der Waals surface area contributed by atoms with Crippen LogP contribution >= 0.6 is 0 Å². The van der Waals surface area contributed by atoms with Crippen molar-refractivity contribution in [3.63, 3.8) is 0 Å². The van der Waals surface area contributed by atoms with E-state index in [-0.39, 0.29) is 5.97 Å². The third-order valence-electron chi connectivity index (χ3n) is 3.11. The SMILES string of the molecule is CC(=O)OC1=Nc2[nH]c3ccccc3c2CCC1. The molecule has 1 aliphatic heterocycles. The van der Waals surface area contributed by atoms with Gasteiger partial charge in [-0.3, -0.25) is 4.79 Å². The first-order valence-electron chi connectivity index (χ1n) is 6.09. The van der Waals surface area contributed by atoms with E-state index in [4.69, 9.17) is 4.74 Å². The van der Waals surface area contributed by atoms with Crippen molar-refractivity contribution in [2.45, 2.75) is 26.2 Å².